The monoisotopic (exact) mass is 592 g/mol. The molecule has 0 aliphatic carbocycles. The number of halogens is 2. The SMILES string of the molecule is Cc1ccc(-c2cc3c(cc2F)sc2cccc4c2c3c2cccc3sc5cc(F)c(-c6ccccc6)cc5c4c32)cc1. The van der Waals surface area contributed by atoms with Crippen LogP contribution in [0.3, 0.4) is 0 Å². The van der Waals surface area contributed by atoms with E-state index in [1.54, 1.807) is 34.8 Å². The van der Waals surface area contributed by atoms with Gasteiger partial charge in [-0.05, 0) is 65.2 Å². The van der Waals surface area contributed by atoms with Crippen LogP contribution < -0.4 is 0 Å². The second kappa shape index (κ2) is 9.18. The van der Waals surface area contributed by atoms with Crippen LogP contribution in [0.15, 0.2) is 115 Å². The zero-order valence-corrected chi connectivity index (χ0v) is 24.7. The fourth-order valence-corrected chi connectivity index (χ4v) is 8.96. The highest BCUT2D eigenvalue weighted by molar-refractivity contribution is 7.26. The molecule has 9 aromatic rings. The van der Waals surface area contributed by atoms with Crippen molar-refractivity contribution in [3.05, 3.63) is 132 Å². The van der Waals surface area contributed by atoms with Gasteiger partial charge in [0.1, 0.15) is 11.6 Å². The van der Waals surface area contributed by atoms with Crippen LogP contribution in [0.2, 0.25) is 0 Å². The molecule has 0 unspecified atom stereocenters. The summed E-state index contributed by atoms with van der Waals surface area (Å²) in [5, 5.41) is 9.00. The molecule has 7 aromatic carbocycles. The second-order valence-corrected chi connectivity index (χ2v) is 13.4. The Morgan fingerprint density at radius 1 is 0.419 bits per heavy atom. The lowest BCUT2D eigenvalue weighted by Crippen LogP contribution is -1.91. The van der Waals surface area contributed by atoms with E-state index in [-0.39, 0.29) is 11.6 Å². The number of rotatable bonds is 2. The van der Waals surface area contributed by atoms with E-state index in [9.17, 15) is 0 Å². The number of benzene rings is 7. The number of aryl methyl sites for hydroxylation is 1. The van der Waals surface area contributed by atoms with Gasteiger partial charge in [0, 0.05) is 62.2 Å². The Bertz CT molecular complexity index is 2570. The van der Waals surface area contributed by atoms with Crippen molar-refractivity contribution >= 4 is 84.6 Å². The fourth-order valence-electron chi connectivity index (χ4n) is 6.69. The third-order valence-corrected chi connectivity index (χ3v) is 10.9. The van der Waals surface area contributed by atoms with Crippen molar-refractivity contribution in [2.24, 2.45) is 0 Å². The Morgan fingerprint density at radius 3 is 1.42 bits per heavy atom. The number of fused-ring (bicyclic) bond motifs is 6. The van der Waals surface area contributed by atoms with Gasteiger partial charge in [-0.2, -0.15) is 0 Å². The maximum atomic E-state index is 15.7. The Morgan fingerprint density at radius 2 is 0.907 bits per heavy atom. The zero-order chi connectivity index (χ0) is 28.8. The first-order chi connectivity index (χ1) is 21.0. The summed E-state index contributed by atoms with van der Waals surface area (Å²) in [5.41, 5.74) is 4.08. The minimum atomic E-state index is -0.217. The molecule has 0 spiro atoms. The van der Waals surface area contributed by atoms with Gasteiger partial charge in [0.15, 0.2) is 0 Å². The smallest absolute Gasteiger partial charge is 0.132 e. The van der Waals surface area contributed by atoms with Gasteiger partial charge in [0.25, 0.3) is 0 Å². The first-order valence-corrected chi connectivity index (χ1v) is 15.9. The maximum absolute atomic E-state index is 15.7. The van der Waals surface area contributed by atoms with Gasteiger partial charge in [-0.1, -0.05) is 84.4 Å². The first-order valence-electron chi connectivity index (χ1n) is 14.2. The van der Waals surface area contributed by atoms with Crippen molar-refractivity contribution in [1.29, 1.82) is 0 Å². The highest BCUT2D eigenvalue weighted by Gasteiger charge is 2.21. The van der Waals surface area contributed by atoms with E-state index < -0.39 is 0 Å². The minimum Gasteiger partial charge on any atom is -0.206 e. The van der Waals surface area contributed by atoms with Crippen LogP contribution in [0.4, 0.5) is 8.78 Å². The highest BCUT2D eigenvalue weighted by atomic mass is 32.1. The summed E-state index contributed by atoms with van der Waals surface area (Å²) in [4.78, 5) is 0. The molecule has 0 saturated heterocycles. The van der Waals surface area contributed by atoms with Gasteiger partial charge < -0.3 is 0 Å². The Labute approximate surface area is 254 Å². The topological polar surface area (TPSA) is 0 Å². The molecule has 2 heterocycles. The van der Waals surface area contributed by atoms with E-state index in [4.69, 9.17) is 0 Å². The van der Waals surface area contributed by atoms with Crippen molar-refractivity contribution in [2.75, 3.05) is 0 Å². The van der Waals surface area contributed by atoms with Crippen LogP contribution in [0.5, 0.6) is 0 Å². The Balaban J connectivity index is 1.49. The van der Waals surface area contributed by atoms with Crippen molar-refractivity contribution in [2.45, 2.75) is 6.92 Å². The molecular formula is C39H22F2S2. The van der Waals surface area contributed by atoms with Gasteiger partial charge in [-0.15, -0.1) is 22.7 Å². The van der Waals surface area contributed by atoms with Crippen molar-refractivity contribution in [3.63, 3.8) is 0 Å². The lowest BCUT2D eigenvalue weighted by atomic mass is 9.90. The molecule has 2 aromatic heterocycles. The predicted molar refractivity (Wildman–Crippen MR) is 183 cm³/mol. The van der Waals surface area contributed by atoms with Crippen LogP contribution >= 0.6 is 22.7 Å². The van der Waals surface area contributed by atoms with Crippen LogP contribution in [-0.2, 0) is 0 Å². The highest BCUT2D eigenvalue weighted by Crippen LogP contribution is 2.49. The molecule has 0 atom stereocenters. The van der Waals surface area contributed by atoms with Crippen LogP contribution in [0.25, 0.3) is 84.1 Å². The van der Waals surface area contributed by atoms with Gasteiger partial charge in [-0.3, -0.25) is 0 Å². The summed E-state index contributed by atoms with van der Waals surface area (Å²) in [5.74, 6) is -0.431. The lowest BCUT2D eigenvalue weighted by Gasteiger charge is -2.18. The molecular weight excluding hydrogens is 571 g/mol. The standard InChI is InChI=1S/C39H22F2S2/c1-21-13-15-23(16-14-21)27-18-29-35(20-31(27)41)43-33-12-5-9-24-36-28-17-26(22-7-3-2-4-8-22)30(40)19-34(28)42-32-11-6-10-25(38(32)36)37(29)39(24)33/h2-20H,1H3. The largest absolute Gasteiger partial charge is 0.206 e. The van der Waals surface area contributed by atoms with Crippen molar-refractivity contribution in [3.8, 4) is 22.3 Å². The third kappa shape index (κ3) is 3.64. The third-order valence-electron chi connectivity index (χ3n) is 8.66. The van der Waals surface area contributed by atoms with Gasteiger partial charge in [0.2, 0.25) is 0 Å². The molecule has 204 valence electrons. The molecule has 0 saturated carbocycles. The van der Waals surface area contributed by atoms with Crippen LogP contribution in [0.1, 0.15) is 5.56 Å². The normalized spacial score (nSPS) is 12.1. The second-order valence-electron chi connectivity index (χ2n) is 11.2. The summed E-state index contributed by atoms with van der Waals surface area (Å²) in [6, 6.07) is 38.1. The molecule has 0 nitrogen and oxygen atoms in total. The summed E-state index contributed by atoms with van der Waals surface area (Å²) >= 11 is 3.25. The average Bonchev–Trinajstić information content (AvgIpc) is 3.02. The molecule has 0 amide bonds. The maximum Gasteiger partial charge on any atom is 0.132 e. The minimum absolute atomic E-state index is 0.214. The summed E-state index contributed by atoms with van der Waals surface area (Å²) in [6.07, 6.45) is 0. The summed E-state index contributed by atoms with van der Waals surface area (Å²) in [6.45, 7) is 2.04. The molecule has 0 fully saturated rings. The number of hydrogen-bond donors (Lipinski definition) is 0. The van der Waals surface area contributed by atoms with Crippen molar-refractivity contribution < 1.29 is 8.78 Å². The molecule has 0 radical (unpaired) electrons. The predicted octanol–water partition coefficient (Wildman–Crippen LogP) is 12.6. The molecule has 0 aliphatic rings. The lowest BCUT2D eigenvalue weighted by molar-refractivity contribution is 0.633. The summed E-state index contributed by atoms with van der Waals surface area (Å²) < 4.78 is 35.3. The fraction of sp³-hybridized carbons (Fsp3) is 0.0256. The van der Waals surface area contributed by atoms with Crippen LogP contribution in [0, 0.1) is 18.6 Å². The van der Waals surface area contributed by atoms with E-state index in [0.29, 0.717) is 11.1 Å². The Hall–Kier alpha value is -4.64. The van der Waals surface area contributed by atoms with Gasteiger partial charge in [0.05, 0.1) is 0 Å². The van der Waals surface area contributed by atoms with Gasteiger partial charge >= 0.3 is 0 Å². The molecule has 0 N–H and O–H groups in total. The van der Waals surface area contributed by atoms with Gasteiger partial charge in [-0.25, -0.2) is 8.78 Å². The molecule has 43 heavy (non-hydrogen) atoms. The molecule has 0 aliphatic heterocycles. The van der Waals surface area contributed by atoms with E-state index >= 15 is 8.78 Å². The first kappa shape index (κ1) is 24.9. The quantitative estimate of drug-likeness (QED) is 0.138. The average molecular weight is 593 g/mol. The van der Waals surface area contributed by atoms with E-state index in [1.807, 2.05) is 73.7 Å². The zero-order valence-electron chi connectivity index (χ0n) is 23.0. The molecule has 4 heteroatoms. The van der Waals surface area contributed by atoms with Crippen molar-refractivity contribution in [1.82, 2.24) is 0 Å². The van der Waals surface area contributed by atoms with E-state index in [2.05, 4.69) is 36.4 Å². The van der Waals surface area contributed by atoms with Crippen LogP contribution in [-0.4, -0.2) is 0 Å². The van der Waals surface area contributed by atoms with E-state index in [0.717, 1.165) is 67.8 Å². The van der Waals surface area contributed by atoms with E-state index in [1.165, 1.54) is 10.8 Å². The summed E-state index contributed by atoms with van der Waals surface area (Å²) in [7, 11) is 0. The molecule has 0 bridgehead atoms. The Kier molecular flexibility index (Phi) is 5.32. The molecule has 9 rings (SSSR count). The number of hydrogen-bond acceptors (Lipinski definition) is 2.